The Morgan fingerprint density at radius 3 is 2.94 bits per heavy atom. The number of rotatable bonds is 0. The van der Waals surface area contributed by atoms with Gasteiger partial charge in [0.2, 0.25) is 0 Å². The SMILES string of the molecule is O=c1[nH]c2cc3c(cc2c2ncnn12)CCC3. The fourth-order valence-corrected chi connectivity index (χ4v) is 2.65. The molecule has 2 aromatic heterocycles. The molecule has 1 aliphatic rings. The number of hydrogen-bond donors (Lipinski definition) is 1. The highest BCUT2D eigenvalue weighted by Crippen LogP contribution is 2.27. The van der Waals surface area contributed by atoms with Crippen LogP contribution >= 0.6 is 0 Å². The lowest BCUT2D eigenvalue weighted by atomic mass is 10.1. The van der Waals surface area contributed by atoms with E-state index < -0.39 is 0 Å². The molecular formula is C12H10N4O. The second kappa shape index (κ2) is 2.94. The molecule has 0 bridgehead atoms. The number of aryl methyl sites for hydroxylation is 2. The fraction of sp³-hybridized carbons (Fsp3) is 0.250. The Bertz CT molecular complexity index is 799. The second-order valence-electron chi connectivity index (χ2n) is 4.45. The van der Waals surface area contributed by atoms with Crippen molar-refractivity contribution < 1.29 is 0 Å². The van der Waals surface area contributed by atoms with E-state index in [4.69, 9.17) is 0 Å². The summed E-state index contributed by atoms with van der Waals surface area (Å²) in [6.45, 7) is 0. The van der Waals surface area contributed by atoms with Crippen LogP contribution in [0, 0.1) is 0 Å². The Hall–Kier alpha value is -2.17. The van der Waals surface area contributed by atoms with E-state index in [0.717, 1.165) is 23.7 Å². The molecule has 0 spiro atoms. The monoisotopic (exact) mass is 226 g/mol. The van der Waals surface area contributed by atoms with Crippen LogP contribution in [0.15, 0.2) is 23.3 Å². The lowest BCUT2D eigenvalue weighted by Crippen LogP contribution is -2.17. The zero-order chi connectivity index (χ0) is 11.4. The van der Waals surface area contributed by atoms with E-state index in [1.807, 2.05) is 0 Å². The normalized spacial score (nSPS) is 14.6. The van der Waals surface area contributed by atoms with Gasteiger partial charge in [0.25, 0.3) is 0 Å². The van der Waals surface area contributed by atoms with E-state index in [-0.39, 0.29) is 5.69 Å². The number of aromatic nitrogens is 4. The molecule has 5 nitrogen and oxygen atoms in total. The molecule has 0 saturated carbocycles. The van der Waals surface area contributed by atoms with Gasteiger partial charge in [-0.2, -0.15) is 9.61 Å². The number of aromatic amines is 1. The molecule has 2 heterocycles. The van der Waals surface area contributed by atoms with Gasteiger partial charge in [0.15, 0.2) is 5.65 Å². The molecule has 0 unspecified atom stereocenters. The molecule has 84 valence electrons. The minimum Gasteiger partial charge on any atom is -0.305 e. The van der Waals surface area contributed by atoms with E-state index in [1.54, 1.807) is 0 Å². The molecule has 0 atom stereocenters. The molecule has 1 aromatic carbocycles. The van der Waals surface area contributed by atoms with Crippen LogP contribution in [0.3, 0.4) is 0 Å². The standard InChI is InChI=1S/C12H10N4O/c17-12-15-10-5-8-3-1-2-7(8)4-9(10)11-13-6-14-16(11)12/h4-6H,1-3H2,(H,15,17). The topological polar surface area (TPSA) is 63.0 Å². The first kappa shape index (κ1) is 8.92. The van der Waals surface area contributed by atoms with Crippen molar-refractivity contribution in [3.8, 4) is 0 Å². The first-order chi connectivity index (χ1) is 8.33. The van der Waals surface area contributed by atoms with Crippen LogP contribution in [0.5, 0.6) is 0 Å². The first-order valence-corrected chi connectivity index (χ1v) is 5.70. The summed E-state index contributed by atoms with van der Waals surface area (Å²) < 4.78 is 1.31. The van der Waals surface area contributed by atoms with E-state index >= 15 is 0 Å². The van der Waals surface area contributed by atoms with Gasteiger partial charge in [0, 0.05) is 5.39 Å². The second-order valence-corrected chi connectivity index (χ2v) is 4.45. The molecule has 4 rings (SSSR count). The van der Waals surface area contributed by atoms with Crippen molar-refractivity contribution >= 4 is 16.6 Å². The van der Waals surface area contributed by atoms with Crippen molar-refractivity contribution in [2.24, 2.45) is 0 Å². The number of benzene rings is 1. The Morgan fingerprint density at radius 2 is 2.06 bits per heavy atom. The van der Waals surface area contributed by atoms with Crippen LogP contribution in [0.2, 0.25) is 0 Å². The zero-order valence-corrected chi connectivity index (χ0v) is 9.10. The number of hydrogen-bond acceptors (Lipinski definition) is 3. The molecule has 1 N–H and O–H groups in total. The zero-order valence-electron chi connectivity index (χ0n) is 9.10. The lowest BCUT2D eigenvalue weighted by Gasteiger charge is -2.03. The molecule has 17 heavy (non-hydrogen) atoms. The third kappa shape index (κ3) is 1.11. The Kier molecular flexibility index (Phi) is 1.54. The van der Waals surface area contributed by atoms with E-state index in [2.05, 4.69) is 27.2 Å². The van der Waals surface area contributed by atoms with E-state index in [9.17, 15) is 4.79 Å². The first-order valence-electron chi connectivity index (χ1n) is 5.70. The van der Waals surface area contributed by atoms with Crippen LogP contribution in [0.1, 0.15) is 17.5 Å². The Morgan fingerprint density at radius 1 is 1.24 bits per heavy atom. The molecular weight excluding hydrogens is 216 g/mol. The van der Waals surface area contributed by atoms with Crippen molar-refractivity contribution in [3.63, 3.8) is 0 Å². The van der Waals surface area contributed by atoms with Crippen molar-refractivity contribution in [2.45, 2.75) is 19.3 Å². The summed E-state index contributed by atoms with van der Waals surface area (Å²) >= 11 is 0. The van der Waals surface area contributed by atoms with Crippen LogP contribution in [-0.4, -0.2) is 19.6 Å². The van der Waals surface area contributed by atoms with Crippen molar-refractivity contribution in [1.82, 2.24) is 19.6 Å². The van der Waals surface area contributed by atoms with Gasteiger partial charge in [-0.3, -0.25) is 0 Å². The molecule has 0 aliphatic heterocycles. The molecule has 0 saturated heterocycles. The van der Waals surface area contributed by atoms with Crippen molar-refractivity contribution in [3.05, 3.63) is 40.1 Å². The highest BCUT2D eigenvalue weighted by atomic mass is 16.1. The van der Waals surface area contributed by atoms with Gasteiger partial charge >= 0.3 is 5.69 Å². The smallest absolute Gasteiger partial charge is 0.305 e. The fourth-order valence-electron chi connectivity index (χ4n) is 2.65. The molecule has 1 aliphatic carbocycles. The summed E-state index contributed by atoms with van der Waals surface area (Å²) in [5.74, 6) is 0. The van der Waals surface area contributed by atoms with E-state index in [1.165, 1.54) is 28.4 Å². The molecule has 0 radical (unpaired) electrons. The Labute approximate surface area is 96.1 Å². The maximum Gasteiger partial charge on any atom is 0.348 e. The van der Waals surface area contributed by atoms with Crippen molar-refractivity contribution in [1.29, 1.82) is 0 Å². The lowest BCUT2D eigenvalue weighted by molar-refractivity contribution is 0.881. The van der Waals surface area contributed by atoms with Gasteiger partial charge in [-0.25, -0.2) is 9.78 Å². The highest BCUT2D eigenvalue weighted by Gasteiger charge is 2.14. The van der Waals surface area contributed by atoms with Gasteiger partial charge in [-0.1, -0.05) is 0 Å². The van der Waals surface area contributed by atoms with Gasteiger partial charge in [-0.15, -0.1) is 0 Å². The minimum absolute atomic E-state index is 0.233. The summed E-state index contributed by atoms with van der Waals surface area (Å²) in [6.07, 6.45) is 4.83. The summed E-state index contributed by atoms with van der Waals surface area (Å²) in [6, 6.07) is 4.21. The third-order valence-corrected chi connectivity index (χ3v) is 3.45. The quantitative estimate of drug-likeness (QED) is 0.623. The Balaban J connectivity index is 2.26. The molecule has 3 aromatic rings. The average Bonchev–Trinajstić information content (AvgIpc) is 2.95. The van der Waals surface area contributed by atoms with E-state index in [0.29, 0.717) is 5.65 Å². The minimum atomic E-state index is -0.233. The number of nitrogens with zero attached hydrogens (tertiary/aromatic N) is 3. The third-order valence-electron chi connectivity index (χ3n) is 3.45. The average molecular weight is 226 g/mol. The maximum absolute atomic E-state index is 11.8. The van der Waals surface area contributed by atoms with Crippen LogP contribution in [0.4, 0.5) is 0 Å². The largest absolute Gasteiger partial charge is 0.348 e. The van der Waals surface area contributed by atoms with Gasteiger partial charge in [0.1, 0.15) is 6.33 Å². The summed E-state index contributed by atoms with van der Waals surface area (Å²) in [5, 5.41) is 4.90. The number of nitrogens with one attached hydrogen (secondary N) is 1. The number of H-pyrrole nitrogens is 1. The van der Waals surface area contributed by atoms with Crippen LogP contribution in [0.25, 0.3) is 16.6 Å². The van der Waals surface area contributed by atoms with Gasteiger partial charge in [0.05, 0.1) is 5.52 Å². The predicted molar refractivity (Wildman–Crippen MR) is 63.1 cm³/mol. The summed E-state index contributed by atoms with van der Waals surface area (Å²) in [4.78, 5) is 18.8. The molecule has 0 amide bonds. The van der Waals surface area contributed by atoms with Crippen LogP contribution < -0.4 is 5.69 Å². The van der Waals surface area contributed by atoms with Crippen LogP contribution in [-0.2, 0) is 12.8 Å². The highest BCUT2D eigenvalue weighted by molar-refractivity contribution is 5.92. The molecule has 5 heteroatoms. The number of fused-ring (bicyclic) bond motifs is 4. The summed E-state index contributed by atoms with van der Waals surface area (Å²) in [7, 11) is 0. The summed E-state index contributed by atoms with van der Waals surface area (Å²) in [5.41, 5.74) is 3.98. The predicted octanol–water partition coefficient (Wildman–Crippen LogP) is 1.06. The van der Waals surface area contributed by atoms with Crippen molar-refractivity contribution in [2.75, 3.05) is 0 Å². The maximum atomic E-state index is 11.8. The molecule has 0 fully saturated rings. The van der Waals surface area contributed by atoms with Gasteiger partial charge in [-0.05, 0) is 42.5 Å². The van der Waals surface area contributed by atoms with Gasteiger partial charge < -0.3 is 4.98 Å².